The smallest absolute Gasteiger partial charge is 0.262 e. The van der Waals surface area contributed by atoms with E-state index in [0.29, 0.717) is 21.9 Å². The van der Waals surface area contributed by atoms with E-state index < -0.39 is 0 Å². The lowest BCUT2D eigenvalue weighted by molar-refractivity contribution is 1.07. The fraction of sp³-hybridized carbons (Fsp3) is 0. The molecule has 0 unspecified atom stereocenters. The number of rotatable bonds is 2. The van der Waals surface area contributed by atoms with E-state index in [1.165, 1.54) is 6.20 Å². The summed E-state index contributed by atoms with van der Waals surface area (Å²) in [6, 6.07) is 7.43. The maximum atomic E-state index is 11.7. The van der Waals surface area contributed by atoms with Crippen LogP contribution in [0.15, 0.2) is 35.3 Å². The normalized spacial score (nSPS) is 11.4. The van der Waals surface area contributed by atoms with Crippen LogP contribution >= 0.6 is 11.6 Å². The van der Waals surface area contributed by atoms with Gasteiger partial charge in [-0.2, -0.15) is 5.10 Å². The first-order valence-electron chi connectivity index (χ1n) is 5.60. The van der Waals surface area contributed by atoms with Gasteiger partial charge in [0.25, 0.3) is 5.56 Å². The molecule has 0 atom stereocenters. The summed E-state index contributed by atoms with van der Waals surface area (Å²) < 4.78 is 0. The highest BCUT2D eigenvalue weighted by Crippen LogP contribution is 2.17. The Bertz CT molecular complexity index is 819. The highest BCUT2D eigenvalue weighted by Gasteiger charge is 2.03. The second-order valence-corrected chi connectivity index (χ2v) is 4.35. The van der Waals surface area contributed by atoms with Gasteiger partial charge in [-0.1, -0.05) is 29.8 Å². The van der Waals surface area contributed by atoms with Gasteiger partial charge in [-0.3, -0.25) is 9.89 Å². The molecule has 0 fully saturated rings. The lowest BCUT2D eigenvalue weighted by atomic mass is 10.2. The minimum absolute atomic E-state index is 0.224. The lowest BCUT2D eigenvalue weighted by Gasteiger charge is -1.97. The van der Waals surface area contributed by atoms with Crippen molar-refractivity contribution in [3.63, 3.8) is 0 Å². The monoisotopic (exact) mass is 272 g/mol. The van der Waals surface area contributed by atoms with Gasteiger partial charge in [-0.25, -0.2) is 4.98 Å². The van der Waals surface area contributed by atoms with Crippen LogP contribution in [-0.2, 0) is 0 Å². The Morgan fingerprint density at radius 3 is 2.89 bits per heavy atom. The first kappa shape index (κ1) is 11.7. The zero-order chi connectivity index (χ0) is 13.2. The Balaban J connectivity index is 2.02. The van der Waals surface area contributed by atoms with Crippen molar-refractivity contribution in [2.75, 3.05) is 0 Å². The molecule has 0 bridgehead atoms. The minimum Gasteiger partial charge on any atom is -0.306 e. The van der Waals surface area contributed by atoms with Gasteiger partial charge in [0.2, 0.25) is 0 Å². The third-order valence-corrected chi connectivity index (χ3v) is 3.01. The molecule has 0 aliphatic heterocycles. The Morgan fingerprint density at radius 1 is 1.21 bits per heavy atom. The number of hydrogen-bond donors (Lipinski definition) is 2. The van der Waals surface area contributed by atoms with Gasteiger partial charge in [0.05, 0.1) is 6.20 Å². The molecule has 94 valence electrons. The fourth-order valence-corrected chi connectivity index (χ4v) is 1.92. The van der Waals surface area contributed by atoms with Crippen molar-refractivity contribution in [2.45, 2.75) is 0 Å². The number of nitrogens with zero attached hydrogens (tertiary/aromatic N) is 2. The summed E-state index contributed by atoms with van der Waals surface area (Å²) in [5.41, 5.74) is 1.09. The third kappa shape index (κ3) is 2.28. The van der Waals surface area contributed by atoms with E-state index in [4.69, 9.17) is 11.6 Å². The number of hydrogen-bond acceptors (Lipinski definition) is 3. The molecule has 3 rings (SSSR count). The maximum absolute atomic E-state index is 11.7. The number of nitrogens with one attached hydrogen (secondary N) is 2. The number of aromatic amines is 2. The molecule has 2 heterocycles. The van der Waals surface area contributed by atoms with Gasteiger partial charge in [-0.15, -0.1) is 0 Å². The molecule has 6 heteroatoms. The van der Waals surface area contributed by atoms with Gasteiger partial charge in [0.15, 0.2) is 5.65 Å². The average Bonchev–Trinajstić information content (AvgIpc) is 2.87. The maximum Gasteiger partial charge on any atom is 0.262 e. The summed E-state index contributed by atoms with van der Waals surface area (Å²) in [4.78, 5) is 18.6. The molecule has 5 nitrogen and oxygen atoms in total. The summed E-state index contributed by atoms with van der Waals surface area (Å²) in [7, 11) is 0. The van der Waals surface area contributed by atoms with E-state index in [2.05, 4.69) is 20.2 Å². The molecule has 0 spiro atoms. The first-order valence-corrected chi connectivity index (χ1v) is 5.98. The van der Waals surface area contributed by atoms with Crippen molar-refractivity contribution >= 4 is 34.8 Å². The van der Waals surface area contributed by atoms with E-state index in [-0.39, 0.29) is 5.56 Å². The molecule has 0 amide bonds. The zero-order valence-electron chi connectivity index (χ0n) is 9.72. The summed E-state index contributed by atoms with van der Waals surface area (Å²) in [6.45, 7) is 0. The molecule has 1 aromatic carbocycles. The molecule has 0 saturated heterocycles. The average molecular weight is 273 g/mol. The zero-order valence-corrected chi connectivity index (χ0v) is 10.5. The SMILES string of the molecule is O=c1[nH]c(/C=C/c2ccccc2Cl)nc2[nH]ncc12. The van der Waals surface area contributed by atoms with Gasteiger partial charge >= 0.3 is 0 Å². The van der Waals surface area contributed by atoms with E-state index in [0.717, 1.165) is 5.56 Å². The van der Waals surface area contributed by atoms with Crippen LogP contribution in [0.25, 0.3) is 23.2 Å². The highest BCUT2D eigenvalue weighted by molar-refractivity contribution is 6.32. The van der Waals surface area contributed by atoms with Crippen LogP contribution in [0.1, 0.15) is 11.4 Å². The van der Waals surface area contributed by atoms with Crippen LogP contribution in [0.2, 0.25) is 5.02 Å². The largest absolute Gasteiger partial charge is 0.306 e. The second-order valence-electron chi connectivity index (χ2n) is 3.94. The molecule has 3 aromatic rings. The molecule has 0 aliphatic carbocycles. The Morgan fingerprint density at radius 2 is 2.05 bits per heavy atom. The van der Waals surface area contributed by atoms with Crippen LogP contribution in [0, 0.1) is 0 Å². The van der Waals surface area contributed by atoms with Crippen LogP contribution in [-0.4, -0.2) is 20.2 Å². The Hall–Kier alpha value is -2.40. The van der Waals surface area contributed by atoms with Crippen LogP contribution in [0.5, 0.6) is 0 Å². The highest BCUT2D eigenvalue weighted by atomic mass is 35.5. The number of H-pyrrole nitrogens is 2. The predicted molar refractivity (Wildman–Crippen MR) is 74.9 cm³/mol. The minimum atomic E-state index is -0.224. The standard InChI is InChI=1S/C13H9ClN4O/c14-10-4-2-1-3-8(10)5-6-11-16-12-9(7-15-18-12)13(19)17-11/h1-7H,(H2,15,16,17,18,19)/b6-5+. The van der Waals surface area contributed by atoms with Crippen LogP contribution in [0.4, 0.5) is 0 Å². The summed E-state index contributed by atoms with van der Waals surface area (Å²) >= 11 is 6.04. The van der Waals surface area contributed by atoms with Gasteiger partial charge in [0, 0.05) is 5.02 Å². The van der Waals surface area contributed by atoms with E-state index >= 15 is 0 Å². The first-order chi connectivity index (χ1) is 9.24. The summed E-state index contributed by atoms with van der Waals surface area (Å²) in [6.07, 6.45) is 4.94. The van der Waals surface area contributed by atoms with Crippen molar-refractivity contribution in [1.82, 2.24) is 20.2 Å². The second kappa shape index (κ2) is 4.70. The molecule has 19 heavy (non-hydrogen) atoms. The van der Waals surface area contributed by atoms with Crippen molar-refractivity contribution in [2.24, 2.45) is 0 Å². The van der Waals surface area contributed by atoms with Gasteiger partial charge < -0.3 is 4.98 Å². The molecule has 2 N–H and O–H groups in total. The van der Waals surface area contributed by atoms with Crippen molar-refractivity contribution in [1.29, 1.82) is 0 Å². The van der Waals surface area contributed by atoms with Crippen molar-refractivity contribution in [3.05, 3.63) is 57.2 Å². The number of fused-ring (bicyclic) bond motifs is 1. The van der Waals surface area contributed by atoms with Crippen LogP contribution < -0.4 is 5.56 Å². The van der Waals surface area contributed by atoms with Crippen molar-refractivity contribution < 1.29 is 0 Å². The summed E-state index contributed by atoms with van der Waals surface area (Å²) in [5.74, 6) is 0.446. The Kier molecular flexibility index (Phi) is 2.89. The topological polar surface area (TPSA) is 74.4 Å². The molecule has 0 aliphatic rings. The third-order valence-electron chi connectivity index (χ3n) is 2.66. The molecular weight excluding hydrogens is 264 g/mol. The van der Waals surface area contributed by atoms with E-state index in [9.17, 15) is 4.79 Å². The number of aromatic nitrogens is 4. The molecule has 0 radical (unpaired) electrons. The quantitative estimate of drug-likeness (QED) is 0.752. The van der Waals surface area contributed by atoms with E-state index in [1.54, 1.807) is 18.2 Å². The molecular formula is C13H9ClN4O. The van der Waals surface area contributed by atoms with Gasteiger partial charge in [0.1, 0.15) is 11.2 Å². The number of benzene rings is 1. The van der Waals surface area contributed by atoms with Gasteiger partial charge in [-0.05, 0) is 23.8 Å². The molecule has 0 saturated carbocycles. The summed E-state index contributed by atoms with van der Waals surface area (Å²) in [5, 5.41) is 7.53. The van der Waals surface area contributed by atoms with Crippen LogP contribution in [0.3, 0.4) is 0 Å². The van der Waals surface area contributed by atoms with E-state index in [1.807, 2.05) is 18.2 Å². The predicted octanol–water partition coefficient (Wildman–Crippen LogP) is 2.47. The molecule has 2 aromatic heterocycles. The van der Waals surface area contributed by atoms with Crippen molar-refractivity contribution in [3.8, 4) is 0 Å². The lowest BCUT2D eigenvalue weighted by Crippen LogP contribution is -2.08. The Labute approximate surface area is 113 Å². The number of halogens is 1. The fourth-order valence-electron chi connectivity index (χ4n) is 1.72.